The second-order valence-electron chi connectivity index (χ2n) is 2.73. The first-order valence-electron chi connectivity index (χ1n) is 4.27. The molecule has 3 heteroatoms. The zero-order valence-corrected chi connectivity index (χ0v) is 7.55. The summed E-state index contributed by atoms with van der Waals surface area (Å²) < 4.78 is 0. The summed E-state index contributed by atoms with van der Waals surface area (Å²) in [5.74, 6) is 0. The van der Waals surface area contributed by atoms with Gasteiger partial charge in [-0.25, -0.2) is 0 Å². The number of nitrogens with zero attached hydrogens (tertiary/aromatic N) is 2. The van der Waals surface area contributed by atoms with Gasteiger partial charge in [-0.1, -0.05) is 30.3 Å². The van der Waals surface area contributed by atoms with Crippen molar-refractivity contribution in [3.8, 4) is 0 Å². The molecule has 1 atom stereocenters. The van der Waals surface area contributed by atoms with Crippen LogP contribution in [-0.4, -0.2) is 11.0 Å². The van der Waals surface area contributed by atoms with Crippen LogP contribution in [0.25, 0.3) is 6.08 Å². The normalized spacial score (nSPS) is 13.0. The molecule has 68 valence electrons. The fourth-order valence-electron chi connectivity index (χ4n) is 0.942. The lowest BCUT2D eigenvalue weighted by atomic mass is 10.2. The third-order valence-corrected chi connectivity index (χ3v) is 1.75. The molecule has 0 fully saturated rings. The largest absolute Gasteiger partial charge is 0.264 e. The van der Waals surface area contributed by atoms with E-state index in [2.05, 4.69) is 10.2 Å². The summed E-state index contributed by atoms with van der Waals surface area (Å²) in [7, 11) is 0. The second-order valence-corrected chi connectivity index (χ2v) is 2.73. The number of aromatic nitrogens is 1. The fourth-order valence-corrected chi connectivity index (χ4v) is 0.942. The molecule has 1 aromatic heterocycles. The van der Waals surface area contributed by atoms with Gasteiger partial charge in [0.15, 0.2) is 0 Å². The Morgan fingerprint density at radius 3 is 3.08 bits per heavy atom. The first-order valence-corrected chi connectivity index (χ1v) is 4.27. The number of hydrogen-bond acceptors (Lipinski definition) is 3. The lowest BCUT2D eigenvalue weighted by molar-refractivity contribution is 0.781. The molecule has 0 N–H and O–H groups in total. The van der Waals surface area contributed by atoms with Crippen molar-refractivity contribution < 1.29 is 0 Å². The Labute approximate surface area is 77.5 Å². The molecule has 3 nitrogen and oxygen atoms in total. The van der Waals surface area contributed by atoms with Crippen molar-refractivity contribution in [3.63, 3.8) is 0 Å². The van der Waals surface area contributed by atoms with E-state index in [0.29, 0.717) is 0 Å². The van der Waals surface area contributed by atoms with Crippen LogP contribution in [0, 0.1) is 4.91 Å². The maximum absolute atomic E-state index is 10.2. The summed E-state index contributed by atoms with van der Waals surface area (Å²) in [6, 6.07) is 3.57. The predicted octanol–water partition coefficient (Wildman–Crippen LogP) is 2.64. The topological polar surface area (TPSA) is 42.3 Å². The van der Waals surface area contributed by atoms with Crippen LogP contribution in [0.2, 0.25) is 0 Å². The highest BCUT2D eigenvalue weighted by atomic mass is 16.3. The van der Waals surface area contributed by atoms with Crippen LogP contribution in [0.1, 0.15) is 18.9 Å². The minimum Gasteiger partial charge on any atom is -0.264 e. The second kappa shape index (κ2) is 5.19. The average Bonchev–Trinajstić information content (AvgIpc) is 2.21. The minimum atomic E-state index is -0.222. The first-order chi connectivity index (χ1) is 6.36. The van der Waals surface area contributed by atoms with Crippen LogP contribution in [0.15, 0.2) is 35.8 Å². The maximum atomic E-state index is 10.2. The molecular weight excluding hydrogens is 164 g/mol. The van der Waals surface area contributed by atoms with Crippen LogP contribution in [0.5, 0.6) is 0 Å². The van der Waals surface area contributed by atoms with Crippen molar-refractivity contribution in [2.45, 2.75) is 19.4 Å². The van der Waals surface area contributed by atoms with Crippen molar-refractivity contribution in [1.29, 1.82) is 0 Å². The van der Waals surface area contributed by atoms with Gasteiger partial charge in [-0.3, -0.25) is 4.98 Å². The summed E-state index contributed by atoms with van der Waals surface area (Å²) in [5.41, 5.74) is 0.990. The van der Waals surface area contributed by atoms with Gasteiger partial charge in [0.05, 0.1) is 0 Å². The number of rotatable bonds is 4. The van der Waals surface area contributed by atoms with Crippen molar-refractivity contribution >= 4 is 6.08 Å². The van der Waals surface area contributed by atoms with Gasteiger partial charge in [0.2, 0.25) is 0 Å². The Bertz CT molecular complexity index is 282. The van der Waals surface area contributed by atoms with E-state index in [-0.39, 0.29) is 6.04 Å². The Balaban J connectivity index is 2.62. The minimum absolute atomic E-state index is 0.222. The van der Waals surface area contributed by atoms with E-state index in [1.165, 1.54) is 0 Å². The summed E-state index contributed by atoms with van der Waals surface area (Å²) in [6.45, 7) is 1.93. The van der Waals surface area contributed by atoms with Crippen molar-refractivity contribution in [1.82, 2.24) is 4.98 Å². The van der Waals surface area contributed by atoms with Crippen LogP contribution in [0.3, 0.4) is 0 Å². The SMILES string of the molecule is CCC(C=Cc1cccnc1)N=O. The lowest BCUT2D eigenvalue weighted by Crippen LogP contribution is -1.94. The molecule has 1 unspecified atom stereocenters. The highest BCUT2D eigenvalue weighted by Gasteiger charge is 1.97. The third kappa shape index (κ3) is 3.15. The van der Waals surface area contributed by atoms with Gasteiger partial charge in [-0.15, -0.1) is 0 Å². The predicted molar refractivity (Wildman–Crippen MR) is 53.1 cm³/mol. The maximum Gasteiger partial charge on any atom is 0.110 e. The number of pyridine rings is 1. The zero-order valence-electron chi connectivity index (χ0n) is 7.55. The smallest absolute Gasteiger partial charge is 0.110 e. The molecule has 1 heterocycles. The van der Waals surface area contributed by atoms with Crippen molar-refractivity contribution in [2.24, 2.45) is 5.18 Å². The highest BCUT2D eigenvalue weighted by Crippen LogP contribution is 2.04. The van der Waals surface area contributed by atoms with E-state index in [1.54, 1.807) is 18.5 Å². The summed E-state index contributed by atoms with van der Waals surface area (Å²) in [5, 5.41) is 2.96. The molecule has 0 aromatic carbocycles. The Morgan fingerprint density at radius 1 is 1.69 bits per heavy atom. The van der Waals surface area contributed by atoms with E-state index in [9.17, 15) is 4.91 Å². The standard InChI is InChI=1S/C10H12N2O/c1-2-10(12-13)6-5-9-4-3-7-11-8-9/h3-8,10H,2H2,1H3. The van der Waals surface area contributed by atoms with Gasteiger partial charge in [0.25, 0.3) is 0 Å². The van der Waals surface area contributed by atoms with E-state index in [1.807, 2.05) is 25.1 Å². The van der Waals surface area contributed by atoms with Gasteiger partial charge < -0.3 is 0 Å². The zero-order chi connectivity index (χ0) is 9.52. The van der Waals surface area contributed by atoms with Gasteiger partial charge in [0, 0.05) is 12.4 Å². The van der Waals surface area contributed by atoms with Gasteiger partial charge in [-0.05, 0) is 18.1 Å². The molecule has 1 aromatic rings. The number of nitroso groups, excluding NO2 is 1. The van der Waals surface area contributed by atoms with E-state index < -0.39 is 0 Å². The number of hydrogen-bond donors (Lipinski definition) is 0. The molecule has 0 aliphatic carbocycles. The van der Waals surface area contributed by atoms with Gasteiger partial charge in [0.1, 0.15) is 6.04 Å². The quantitative estimate of drug-likeness (QED) is 0.662. The summed E-state index contributed by atoms with van der Waals surface area (Å²) >= 11 is 0. The molecule has 0 radical (unpaired) electrons. The molecule has 0 aliphatic rings. The monoisotopic (exact) mass is 176 g/mol. The average molecular weight is 176 g/mol. The van der Waals surface area contributed by atoms with Gasteiger partial charge in [-0.2, -0.15) is 4.91 Å². The van der Waals surface area contributed by atoms with Crippen molar-refractivity contribution in [3.05, 3.63) is 41.1 Å². The van der Waals surface area contributed by atoms with Crippen LogP contribution < -0.4 is 0 Å². The van der Waals surface area contributed by atoms with Gasteiger partial charge >= 0.3 is 0 Å². The lowest BCUT2D eigenvalue weighted by Gasteiger charge is -1.96. The van der Waals surface area contributed by atoms with E-state index in [4.69, 9.17) is 0 Å². The molecule has 13 heavy (non-hydrogen) atoms. The molecule has 1 rings (SSSR count). The van der Waals surface area contributed by atoms with Crippen LogP contribution in [0.4, 0.5) is 0 Å². The molecule has 0 aliphatic heterocycles. The Morgan fingerprint density at radius 2 is 2.54 bits per heavy atom. The summed E-state index contributed by atoms with van der Waals surface area (Å²) in [6.07, 6.45) is 7.85. The van der Waals surface area contributed by atoms with E-state index >= 15 is 0 Å². The van der Waals surface area contributed by atoms with E-state index in [0.717, 1.165) is 12.0 Å². The highest BCUT2D eigenvalue weighted by molar-refractivity contribution is 5.48. The molecule has 0 saturated heterocycles. The molecular formula is C10H12N2O. The first kappa shape index (κ1) is 9.58. The molecule has 0 amide bonds. The van der Waals surface area contributed by atoms with Crippen LogP contribution in [-0.2, 0) is 0 Å². The molecule has 0 bridgehead atoms. The fraction of sp³-hybridized carbons (Fsp3) is 0.300. The van der Waals surface area contributed by atoms with Crippen LogP contribution >= 0.6 is 0 Å². The van der Waals surface area contributed by atoms with Crippen molar-refractivity contribution in [2.75, 3.05) is 0 Å². The molecule has 0 spiro atoms. The summed E-state index contributed by atoms with van der Waals surface area (Å²) in [4.78, 5) is 14.2. The third-order valence-electron chi connectivity index (χ3n) is 1.75. The molecule has 0 saturated carbocycles. The Hall–Kier alpha value is -1.51. The Kier molecular flexibility index (Phi) is 3.82.